The molecule has 244 valence electrons. The van der Waals surface area contributed by atoms with Crippen molar-refractivity contribution in [3.8, 4) is 0 Å². The molecule has 8 nitrogen and oxygen atoms in total. The monoisotopic (exact) mass is 656 g/mol. The molecule has 0 spiro atoms. The van der Waals surface area contributed by atoms with Crippen LogP contribution in [0.3, 0.4) is 0 Å². The van der Waals surface area contributed by atoms with Gasteiger partial charge in [0.2, 0.25) is 12.4 Å². The van der Waals surface area contributed by atoms with Crippen LogP contribution < -0.4 is 10.4 Å². The number of esters is 3. The van der Waals surface area contributed by atoms with Crippen LogP contribution in [0.5, 0.6) is 0 Å². The molecular weight excluding hydrogens is 612 g/mol. The summed E-state index contributed by atoms with van der Waals surface area (Å²) in [6.45, 7) is 4.88. The SMILES string of the molecule is [3H]c1ccccc1C(=O)O[C@H]1[C@H](OC(C)=O)O[C@H]([C@@](C)(O)[Si](CCCC)(c2ccccc2)c2ccccc2)[C@H]1OC(=O)c1ccccc1[3H]. The Bertz CT molecular complexity index is 1730. The van der Waals surface area contributed by atoms with E-state index in [1.165, 1.54) is 31.2 Å². The first-order valence-electron chi connectivity index (χ1n) is 16.7. The zero-order valence-electron chi connectivity index (χ0n) is 28.6. The molecule has 0 unspecified atom stereocenters. The molecule has 4 aromatic rings. The Balaban J connectivity index is 1.70. The predicted octanol–water partition coefficient (Wildman–Crippen LogP) is 5.08. The van der Waals surface area contributed by atoms with Gasteiger partial charge in [-0.25, -0.2) is 9.59 Å². The topological polar surface area (TPSA) is 108 Å². The minimum Gasteiger partial charge on any atom is -0.452 e. The number of unbranched alkanes of at least 4 members (excludes halogenated alkanes) is 1. The average Bonchev–Trinajstić information content (AvgIpc) is 3.42. The molecule has 1 saturated heterocycles. The van der Waals surface area contributed by atoms with Crippen molar-refractivity contribution in [3.05, 3.63) is 132 Å². The lowest BCUT2D eigenvalue weighted by Gasteiger charge is -2.48. The summed E-state index contributed by atoms with van der Waals surface area (Å²) in [5.41, 5.74) is -0.125. The van der Waals surface area contributed by atoms with Gasteiger partial charge >= 0.3 is 17.9 Å². The summed E-state index contributed by atoms with van der Waals surface area (Å²) in [4.78, 5) is 39.8. The molecule has 0 aromatic heterocycles. The summed E-state index contributed by atoms with van der Waals surface area (Å²) >= 11 is 0. The van der Waals surface area contributed by atoms with Crippen LogP contribution >= 0.6 is 0 Å². The van der Waals surface area contributed by atoms with E-state index in [4.69, 9.17) is 21.7 Å². The van der Waals surface area contributed by atoms with E-state index in [2.05, 4.69) is 6.92 Å². The molecule has 1 aliphatic heterocycles. The van der Waals surface area contributed by atoms with Gasteiger partial charge in [0.25, 0.3) is 0 Å². The van der Waals surface area contributed by atoms with Crippen molar-refractivity contribution >= 4 is 36.4 Å². The summed E-state index contributed by atoms with van der Waals surface area (Å²) < 4.78 is 40.6. The lowest BCUT2D eigenvalue weighted by molar-refractivity contribution is -0.194. The average molecular weight is 657 g/mol. The van der Waals surface area contributed by atoms with Gasteiger partial charge in [-0.1, -0.05) is 127 Å². The Kier molecular flexibility index (Phi) is 9.84. The van der Waals surface area contributed by atoms with Crippen molar-refractivity contribution in [2.75, 3.05) is 0 Å². The van der Waals surface area contributed by atoms with Crippen LogP contribution in [-0.4, -0.2) is 60.9 Å². The van der Waals surface area contributed by atoms with Gasteiger partial charge in [0.15, 0.2) is 14.2 Å². The van der Waals surface area contributed by atoms with Gasteiger partial charge in [0, 0.05) is 6.92 Å². The second kappa shape index (κ2) is 14.9. The Hall–Kier alpha value is -4.57. The van der Waals surface area contributed by atoms with Crippen LogP contribution in [0.1, 0.15) is 57.1 Å². The van der Waals surface area contributed by atoms with Crippen molar-refractivity contribution in [1.82, 2.24) is 0 Å². The molecule has 0 radical (unpaired) electrons. The van der Waals surface area contributed by atoms with Crippen LogP contribution in [0, 0.1) is 0 Å². The number of benzene rings is 4. The van der Waals surface area contributed by atoms with E-state index in [9.17, 15) is 19.5 Å². The highest BCUT2D eigenvalue weighted by Crippen LogP contribution is 2.40. The molecule has 0 saturated carbocycles. The number of carbonyl (C=O) groups excluding carboxylic acids is 3. The van der Waals surface area contributed by atoms with Crippen molar-refractivity contribution in [2.45, 2.75) is 69.5 Å². The normalized spacial score (nSPS) is 21.1. The Labute approximate surface area is 279 Å². The summed E-state index contributed by atoms with van der Waals surface area (Å²) in [6, 6.07) is 31.8. The highest BCUT2D eigenvalue weighted by atomic mass is 28.3. The minimum atomic E-state index is -3.37. The first kappa shape index (κ1) is 31.0. The zero-order valence-corrected chi connectivity index (χ0v) is 27.6. The molecule has 9 heteroatoms. The predicted molar refractivity (Wildman–Crippen MR) is 180 cm³/mol. The highest BCUT2D eigenvalue weighted by Gasteiger charge is 2.65. The number of hydrogen-bond acceptors (Lipinski definition) is 8. The molecule has 1 aliphatic rings. The Morgan fingerprint density at radius 2 is 1.23 bits per heavy atom. The number of hydrogen-bond donors (Lipinski definition) is 1. The van der Waals surface area contributed by atoms with Crippen molar-refractivity contribution in [1.29, 1.82) is 0 Å². The molecule has 1 heterocycles. The third kappa shape index (κ3) is 7.07. The van der Waals surface area contributed by atoms with E-state index in [-0.39, 0.29) is 23.2 Å². The molecule has 4 aromatic carbocycles. The van der Waals surface area contributed by atoms with E-state index in [1.54, 1.807) is 31.2 Å². The Morgan fingerprint density at radius 1 is 0.766 bits per heavy atom. The second-order valence-corrected chi connectivity index (χ2v) is 16.2. The van der Waals surface area contributed by atoms with Crippen LogP contribution in [0.2, 0.25) is 6.04 Å². The number of ether oxygens (including phenoxy) is 4. The largest absolute Gasteiger partial charge is 0.452 e. The quantitative estimate of drug-likeness (QED) is 0.128. The molecule has 0 amide bonds. The molecule has 1 N–H and O–H groups in total. The first-order valence-corrected chi connectivity index (χ1v) is 17.9. The second-order valence-electron chi connectivity index (χ2n) is 11.7. The fourth-order valence-electron chi connectivity index (χ4n) is 6.43. The van der Waals surface area contributed by atoms with Gasteiger partial charge in [-0.3, -0.25) is 4.79 Å². The Morgan fingerprint density at radius 3 is 1.70 bits per heavy atom. The highest BCUT2D eigenvalue weighted by molar-refractivity contribution is 7.04. The summed E-state index contributed by atoms with van der Waals surface area (Å²) in [5.74, 6) is -2.60. The van der Waals surface area contributed by atoms with Gasteiger partial charge in [-0.2, -0.15) is 0 Å². The lowest BCUT2D eigenvalue weighted by Crippen LogP contribution is -2.77. The van der Waals surface area contributed by atoms with Crippen molar-refractivity contribution < 1.29 is 41.2 Å². The molecule has 5 atom stereocenters. The third-order valence-corrected chi connectivity index (χ3v) is 14.4. The minimum absolute atomic E-state index is 0.0565. The fourth-order valence-corrected chi connectivity index (χ4v) is 12.1. The molecule has 5 rings (SSSR count). The smallest absolute Gasteiger partial charge is 0.338 e. The van der Waals surface area contributed by atoms with Crippen LogP contribution in [0.25, 0.3) is 0 Å². The van der Waals surface area contributed by atoms with Gasteiger partial charge in [0.05, 0.1) is 19.1 Å². The van der Waals surface area contributed by atoms with Crippen molar-refractivity contribution in [3.63, 3.8) is 0 Å². The standard InChI is InChI=1S/C38H40O8Si/c1-4-5-26-47(30-22-14-8-15-23-30,31-24-16-9-17-25-31)38(3,42)34-32(44-35(40)28-18-10-6-11-19-28)33(37(46-34)43-27(2)39)45-36(41)29-20-12-7-13-21-29/h6-25,32-34,37,42H,4-5,26H2,1-3H3/t32-,33+,34-,37+,38-/m0/s1/i18T,20T. The summed E-state index contributed by atoms with van der Waals surface area (Å²) in [5, 5.41) is 13.2. The lowest BCUT2D eigenvalue weighted by atomic mass is 10.1. The summed E-state index contributed by atoms with van der Waals surface area (Å²) in [6.07, 6.45) is -4.43. The van der Waals surface area contributed by atoms with Crippen LogP contribution in [0.15, 0.2) is 121 Å². The maximum atomic E-state index is 13.8. The molecular formula is C38H40O8Si. The van der Waals surface area contributed by atoms with Gasteiger partial charge in [-0.05, 0) is 37.2 Å². The van der Waals surface area contributed by atoms with E-state index in [0.717, 1.165) is 23.2 Å². The number of rotatable bonds is 12. The molecule has 47 heavy (non-hydrogen) atoms. The maximum absolute atomic E-state index is 13.8. The van der Waals surface area contributed by atoms with Gasteiger partial charge in [-0.15, -0.1) is 0 Å². The first-order chi connectivity index (χ1) is 23.5. The van der Waals surface area contributed by atoms with E-state index in [0.29, 0.717) is 6.04 Å². The van der Waals surface area contributed by atoms with E-state index >= 15 is 0 Å². The zero-order chi connectivity index (χ0) is 35.2. The van der Waals surface area contributed by atoms with Gasteiger partial charge in [0.1, 0.15) is 6.10 Å². The fraction of sp³-hybridized carbons (Fsp3) is 0.289. The van der Waals surface area contributed by atoms with Gasteiger partial charge < -0.3 is 24.1 Å². The van der Waals surface area contributed by atoms with Crippen molar-refractivity contribution in [2.24, 2.45) is 0 Å². The number of aliphatic hydroxyl groups is 1. The molecule has 0 bridgehead atoms. The number of carbonyl (C=O) groups is 3. The molecule has 0 aliphatic carbocycles. The van der Waals surface area contributed by atoms with Crippen LogP contribution in [-0.2, 0) is 23.7 Å². The molecule has 1 fully saturated rings. The third-order valence-electron chi connectivity index (χ3n) is 8.65. The van der Waals surface area contributed by atoms with E-state index in [1.807, 2.05) is 60.7 Å². The maximum Gasteiger partial charge on any atom is 0.338 e. The van der Waals surface area contributed by atoms with Crippen LogP contribution in [0.4, 0.5) is 0 Å². The van der Waals surface area contributed by atoms with E-state index < -0.39 is 55.8 Å². The summed E-state index contributed by atoms with van der Waals surface area (Å²) in [7, 11) is -3.37.